The second kappa shape index (κ2) is 6.25. The second-order valence-corrected chi connectivity index (χ2v) is 5.08. The molecule has 2 rings (SSSR count). The lowest BCUT2D eigenvalue weighted by atomic mass is 9.97. The van der Waals surface area contributed by atoms with Gasteiger partial charge in [0.15, 0.2) is 0 Å². The topological polar surface area (TPSA) is 21.3 Å². The highest BCUT2D eigenvalue weighted by atomic mass is 35.5. The Kier molecular flexibility index (Phi) is 4.63. The first-order valence-corrected chi connectivity index (χ1v) is 6.70. The van der Waals surface area contributed by atoms with Gasteiger partial charge in [0, 0.05) is 0 Å². The molecule has 0 heterocycles. The lowest BCUT2D eigenvalue weighted by molar-refractivity contribution is 0.414. The van der Waals surface area contributed by atoms with Crippen LogP contribution in [0.1, 0.15) is 22.7 Å². The maximum atomic E-state index is 13.6. The summed E-state index contributed by atoms with van der Waals surface area (Å²) in [6, 6.07) is 10.5. The van der Waals surface area contributed by atoms with Crippen LogP contribution in [-0.2, 0) is 0 Å². The van der Waals surface area contributed by atoms with E-state index < -0.39 is 0 Å². The van der Waals surface area contributed by atoms with Gasteiger partial charge in [-0.3, -0.25) is 0 Å². The number of halogens is 2. The van der Waals surface area contributed by atoms with Gasteiger partial charge in [0.1, 0.15) is 11.6 Å². The van der Waals surface area contributed by atoms with Gasteiger partial charge >= 0.3 is 0 Å². The molecule has 2 nitrogen and oxygen atoms in total. The molecule has 2 aromatic rings. The van der Waals surface area contributed by atoms with E-state index in [1.54, 1.807) is 7.11 Å². The molecule has 0 aromatic heterocycles. The van der Waals surface area contributed by atoms with Gasteiger partial charge < -0.3 is 10.1 Å². The number of rotatable bonds is 4. The third-order valence-corrected chi connectivity index (χ3v) is 3.49. The van der Waals surface area contributed by atoms with Crippen LogP contribution in [0, 0.1) is 12.7 Å². The van der Waals surface area contributed by atoms with Crippen LogP contribution in [0.4, 0.5) is 4.39 Å². The van der Waals surface area contributed by atoms with E-state index in [4.69, 9.17) is 16.3 Å². The van der Waals surface area contributed by atoms with Crippen molar-refractivity contribution in [3.8, 4) is 5.75 Å². The highest BCUT2D eigenvalue weighted by molar-refractivity contribution is 6.32. The van der Waals surface area contributed by atoms with Crippen LogP contribution in [0.2, 0.25) is 5.02 Å². The van der Waals surface area contributed by atoms with Gasteiger partial charge in [-0.15, -0.1) is 0 Å². The molecule has 0 saturated carbocycles. The monoisotopic (exact) mass is 293 g/mol. The zero-order valence-electron chi connectivity index (χ0n) is 11.7. The molecule has 0 bridgehead atoms. The van der Waals surface area contributed by atoms with Crippen LogP contribution in [0.25, 0.3) is 0 Å². The highest BCUT2D eigenvalue weighted by Crippen LogP contribution is 2.30. The van der Waals surface area contributed by atoms with E-state index in [-0.39, 0.29) is 11.9 Å². The van der Waals surface area contributed by atoms with E-state index in [1.807, 2.05) is 38.2 Å². The summed E-state index contributed by atoms with van der Waals surface area (Å²) in [6.07, 6.45) is 0. The number of ether oxygens (including phenoxy) is 1. The van der Waals surface area contributed by atoms with Crippen LogP contribution in [0.15, 0.2) is 36.4 Å². The fourth-order valence-electron chi connectivity index (χ4n) is 2.32. The van der Waals surface area contributed by atoms with Crippen LogP contribution >= 0.6 is 11.6 Å². The Morgan fingerprint density at radius 3 is 2.45 bits per heavy atom. The molecule has 0 amide bonds. The second-order valence-electron chi connectivity index (χ2n) is 4.68. The molecule has 1 N–H and O–H groups in total. The van der Waals surface area contributed by atoms with Crippen LogP contribution in [0.5, 0.6) is 5.75 Å². The van der Waals surface area contributed by atoms with Crippen LogP contribution < -0.4 is 10.1 Å². The predicted molar refractivity (Wildman–Crippen MR) is 80.0 cm³/mol. The SMILES string of the molecule is CNC(c1cc(C)cc(F)c1)c1ccc(OC)c(Cl)c1. The van der Waals surface area contributed by atoms with Crippen molar-refractivity contribution in [1.82, 2.24) is 5.32 Å². The van der Waals surface area contributed by atoms with Crippen LogP contribution in [-0.4, -0.2) is 14.2 Å². The van der Waals surface area contributed by atoms with Gasteiger partial charge in [0.05, 0.1) is 18.2 Å². The minimum absolute atomic E-state index is 0.118. The molecule has 106 valence electrons. The Labute approximate surface area is 123 Å². The predicted octanol–water partition coefficient (Wildman–Crippen LogP) is 4.10. The number of aryl methyl sites for hydroxylation is 1. The third-order valence-electron chi connectivity index (χ3n) is 3.20. The Morgan fingerprint density at radius 1 is 1.15 bits per heavy atom. The smallest absolute Gasteiger partial charge is 0.137 e. The normalized spacial score (nSPS) is 12.2. The first kappa shape index (κ1) is 14.8. The number of benzene rings is 2. The molecule has 1 atom stereocenters. The fraction of sp³-hybridized carbons (Fsp3) is 0.250. The average molecular weight is 294 g/mol. The summed E-state index contributed by atoms with van der Waals surface area (Å²) in [5, 5.41) is 3.73. The van der Waals surface area contributed by atoms with Gasteiger partial charge in [-0.05, 0) is 54.9 Å². The van der Waals surface area contributed by atoms with Crippen molar-refractivity contribution < 1.29 is 9.13 Å². The molecule has 0 radical (unpaired) electrons. The summed E-state index contributed by atoms with van der Waals surface area (Å²) in [5.74, 6) is 0.389. The highest BCUT2D eigenvalue weighted by Gasteiger charge is 2.15. The molecular weight excluding hydrogens is 277 g/mol. The van der Waals surface area contributed by atoms with E-state index in [0.29, 0.717) is 10.8 Å². The molecule has 4 heteroatoms. The third kappa shape index (κ3) is 3.11. The van der Waals surface area contributed by atoms with Gasteiger partial charge in [-0.1, -0.05) is 23.7 Å². The zero-order valence-corrected chi connectivity index (χ0v) is 12.5. The first-order chi connectivity index (χ1) is 9.55. The molecular formula is C16H17ClFNO. The molecule has 0 aliphatic heterocycles. The number of hydrogen-bond donors (Lipinski definition) is 1. The van der Waals surface area contributed by atoms with Crippen molar-refractivity contribution in [3.05, 3.63) is 63.9 Å². The van der Waals surface area contributed by atoms with Gasteiger partial charge in [0.25, 0.3) is 0 Å². The average Bonchev–Trinajstić information content (AvgIpc) is 2.38. The molecule has 20 heavy (non-hydrogen) atoms. The minimum Gasteiger partial charge on any atom is -0.495 e. The summed E-state index contributed by atoms with van der Waals surface area (Å²) >= 11 is 6.15. The molecule has 2 aromatic carbocycles. The van der Waals surface area contributed by atoms with Crippen LogP contribution in [0.3, 0.4) is 0 Å². The van der Waals surface area contributed by atoms with Crippen molar-refractivity contribution in [2.75, 3.05) is 14.2 Å². The summed E-state index contributed by atoms with van der Waals surface area (Å²) < 4.78 is 18.7. The fourth-order valence-corrected chi connectivity index (χ4v) is 2.59. The van der Waals surface area contributed by atoms with Crippen molar-refractivity contribution in [1.29, 1.82) is 0 Å². The standard InChI is InChI=1S/C16H17ClFNO/c1-10-6-12(8-13(18)7-10)16(19-2)11-4-5-15(20-3)14(17)9-11/h4-9,16,19H,1-3H3. The summed E-state index contributed by atoms with van der Waals surface area (Å²) in [5.41, 5.74) is 2.72. The number of nitrogens with one attached hydrogen (secondary N) is 1. The van der Waals surface area contributed by atoms with Gasteiger partial charge in [0.2, 0.25) is 0 Å². The Morgan fingerprint density at radius 2 is 1.90 bits per heavy atom. The number of hydrogen-bond acceptors (Lipinski definition) is 2. The molecule has 0 saturated heterocycles. The largest absolute Gasteiger partial charge is 0.495 e. The van der Waals surface area contributed by atoms with E-state index in [2.05, 4.69) is 5.32 Å². The quantitative estimate of drug-likeness (QED) is 0.916. The zero-order chi connectivity index (χ0) is 14.7. The molecule has 0 fully saturated rings. The summed E-state index contributed by atoms with van der Waals surface area (Å²) in [6.45, 7) is 1.88. The molecule has 0 spiro atoms. The van der Waals surface area contributed by atoms with Gasteiger partial charge in [-0.25, -0.2) is 4.39 Å². The van der Waals surface area contributed by atoms with E-state index in [0.717, 1.165) is 16.7 Å². The molecule has 1 unspecified atom stereocenters. The van der Waals surface area contributed by atoms with Gasteiger partial charge in [-0.2, -0.15) is 0 Å². The van der Waals surface area contributed by atoms with E-state index >= 15 is 0 Å². The van der Waals surface area contributed by atoms with Crippen molar-refractivity contribution in [2.24, 2.45) is 0 Å². The van der Waals surface area contributed by atoms with Crippen molar-refractivity contribution >= 4 is 11.6 Å². The number of methoxy groups -OCH3 is 1. The van der Waals surface area contributed by atoms with Crippen molar-refractivity contribution in [2.45, 2.75) is 13.0 Å². The molecule has 0 aliphatic carbocycles. The minimum atomic E-state index is -0.236. The maximum Gasteiger partial charge on any atom is 0.137 e. The summed E-state index contributed by atoms with van der Waals surface area (Å²) in [4.78, 5) is 0. The van der Waals surface area contributed by atoms with E-state index in [1.165, 1.54) is 12.1 Å². The first-order valence-electron chi connectivity index (χ1n) is 6.33. The summed E-state index contributed by atoms with van der Waals surface area (Å²) in [7, 11) is 3.41. The Bertz CT molecular complexity index is 595. The lowest BCUT2D eigenvalue weighted by Gasteiger charge is -2.19. The Balaban J connectivity index is 2.44. The lowest BCUT2D eigenvalue weighted by Crippen LogP contribution is -2.18. The Hall–Kier alpha value is -1.58. The van der Waals surface area contributed by atoms with E-state index in [9.17, 15) is 4.39 Å². The van der Waals surface area contributed by atoms with Crippen molar-refractivity contribution in [3.63, 3.8) is 0 Å². The maximum absolute atomic E-state index is 13.6. The molecule has 0 aliphatic rings.